The van der Waals surface area contributed by atoms with Crippen molar-refractivity contribution >= 4 is 24.2 Å². The van der Waals surface area contributed by atoms with E-state index < -0.39 is 11.8 Å². The van der Waals surface area contributed by atoms with E-state index in [4.69, 9.17) is 5.73 Å². The summed E-state index contributed by atoms with van der Waals surface area (Å²) in [4.78, 5) is 20.3. The number of primary amides is 1. The number of halogens is 1. The molecule has 0 radical (unpaired) electrons. The van der Waals surface area contributed by atoms with Gasteiger partial charge in [-0.25, -0.2) is 0 Å². The summed E-state index contributed by atoms with van der Waals surface area (Å²) in [5, 5.41) is 2.20. The Morgan fingerprint density at radius 2 is 2.10 bits per heavy atom. The van der Waals surface area contributed by atoms with Crippen LogP contribution in [0.15, 0.2) is 12.7 Å². The minimum absolute atomic E-state index is 0. The summed E-state index contributed by atoms with van der Waals surface area (Å²) >= 11 is 0. The van der Waals surface area contributed by atoms with Gasteiger partial charge >= 0.3 is 0 Å². The monoisotopic (exact) mass is 164 g/mol. The van der Waals surface area contributed by atoms with Crippen LogP contribution in [0.2, 0.25) is 0 Å². The lowest BCUT2D eigenvalue weighted by molar-refractivity contribution is -0.122. The van der Waals surface area contributed by atoms with E-state index in [1.54, 1.807) is 0 Å². The lowest BCUT2D eigenvalue weighted by Gasteiger charge is -1.94. The summed E-state index contributed by atoms with van der Waals surface area (Å²) in [6.45, 7) is 3.04. The van der Waals surface area contributed by atoms with Crippen molar-refractivity contribution in [2.24, 2.45) is 5.73 Å². The van der Waals surface area contributed by atoms with Gasteiger partial charge in [0.1, 0.15) is 0 Å². The first-order chi connectivity index (χ1) is 4.16. The first-order valence-corrected chi connectivity index (χ1v) is 2.35. The number of hydrogen-bond donors (Lipinski definition) is 2. The SMILES string of the molecule is C=CC(=O)NCC(N)=O.Cl. The van der Waals surface area contributed by atoms with E-state index in [-0.39, 0.29) is 19.0 Å². The molecule has 0 aromatic carbocycles. The largest absolute Gasteiger partial charge is 0.368 e. The number of nitrogens with two attached hydrogens (primary N) is 1. The molecule has 10 heavy (non-hydrogen) atoms. The van der Waals surface area contributed by atoms with E-state index in [1.165, 1.54) is 0 Å². The quantitative estimate of drug-likeness (QED) is 0.536. The average Bonchev–Trinajstić information content (AvgIpc) is 1.83. The Labute approximate surface area is 64.9 Å². The summed E-state index contributed by atoms with van der Waals surface area (Å²) in [5.41, 5.74) is 4.71. The van der Waals surface area contributed by atoms with Crippen LogP contribution in [0.25, 0.3) is 0 Å². The molecule has 5 heteroatoms. The average molecular weight is 165 g/mol. The zero-order chi connectivity index (χ0) is 7.28. The normalized spacial score (nSPS) is 7.20. The van der Waals surface area contributed by atoms with Gasteiger partial charge in [-0.05, 0) is 6.08 Å². The highest BCUT2D eigenvalue weighted by atomic mass is 35.5. The number of nitrogens with one attached hydrogen (secondary N) is 1. The molecule has 0 bridgehead atoms. The fourth-order valence-corrected chi connectivity index (χ4v) is 0.246. The molecule has 0 saturated heterocycles. The number of hydrogen-bond acceptors (Lipinski definition) is 2. The fourth-order valence-electron chi connectivity index (χ4n) is 0.246. The van der Waals surface area contributed by atoms with Crippen LogP contribution in [-0.4, -0.2) is 18.4 Å². The van der Waals surface area contributed by atoms with Gasteiger partial charge in [0.15, 0.2) is 0 Å². The molecular weight excluding hydrogens is 156 g/mol. The highest BCUT2D eigenvalue weighted by Crippen LogP contribution is 1.63. The van der Waals surface area contributed by atoms with Crippen molar-refractivity contribution < 1.29 is 9.59 Å². The second kappa shape index (κ2) is 6.10. The molecule has 3 N–H and O–H groups in total. The minimum atomic E-state index is -0.565. The lowest BCUT2D eigenvalue weighted by atomic mass is 10.5. The Bertz CT molecular complexity index is 147. The van der Waals surface area contributed by atoms with Crippen molar-refractivity contribution in [2.75, 3.05) is 6.54 Å². The first kappa shape index (κ1) is 11.7. The zero-order valence-electron chi connectivity index (χ0n) is 5.29. The highest BCUT2D eigenvalue weighted by molar-refractivity contribution is 5.90. The third-order valence-electron chi connectivity index (χ3n) is 0.622. The predicted octanol–water partition coefficient (Wildman–Crippen LogP) is -0.804. The summed E-state index contributed by atoms with van der Waals surface area (Å²) in [6, 6.07) is 0. The van der Waals surface area contributed by atoms with Crippen LogP contribution < -0.4 is 11.1 Å². The van der Waals surface area contributed by atoms with Gasteiger partial charge in [0.05, 0.1) is 6.54 Å². The lowest BCUT2D eigenvalue weighted by Crippen LogP contribution is -2.31. The molecule has 0 heterocycles. The Balaban J connectivity index is 0. The molecule has 0 fully saturated rings. The third kappa shape index (κ3) is 6.97. The topological polar surface area (TPSA) is 72.2 Å². The van der Waals surface area contributed by atoms with Crippen molar-refractivity contribution in [3.8, 4) is 0 Å². The van der Waals surface area contributed by atoms with Crippen LogP contribution in [0, 0.1) is 0 Å². The van der Waals surface area contributed by atoms with Crippen molar-refractivity contribution in [1.82, 2.24) is 5.32 Å². The molecule has 0 unspecified atom stereocenters. The molecule has 0 aliphatic rings. The van der Waals surface area contributed by atoms with Crippen molar-refractivity contribution in [3.63, 3.8) is 0 Å². The maximum absolute atomic E-state index is 10.3. The number of rotatable bonds is 3. The van der Waals surface area contributed by atoms with Crippen LogP contribution >= 0.6 is 12.4 Å². The van der Waals surface area contributed by atoms with E-state index in [0.29, 0.717) is 0 Å². The van der Waals surface area contributed by atoms with Crippen LogP contribution in [-0.2, 0) is 9.59 Å². The van der Waals surface area contributed by atoms with Crippen molar-refractivity contribution in [2.45, 2.75) is 0 Å². The minimum Gasteiger partial charge on any atom is -0.368 e. The molecule has 4 nitrogen and oxygen atoms in total. The molecule has 2 amide bonds. The Hall–Kier alpha value is -1.03. The number of carbonyl (C=O) groups excluding carboxylic acids is 2. The van der Waals surface area contributed by atoms with Gasteiger partial charge in [0.2, 0.25) is 11.8 Å². The Morgan fingerprint density at radius 1 is 1.60 bits per heavy atom. The summed E-state index contributed by atoms with van der Waals surface area (Å²) < 4.78 is 0. The molecule has 0 aromatic heterocycles. The Morgan fingerprint density at radius 3 is 2.40 bits per heavy atom. The molecule has 0 rings (SSSR count). The van der Waals surface area contributed by atoms with Gasteiger partial charge in [-0.3, -0.25) is 9.59 Å². The molecule has 0 atom stereocenters. The molecular formula is C5H9ClN2O2. The third-order valence-corrected chi connectivity index (χ3v) is 0.622. The molecule has 0 aliphatic heterocycles. The molecule has 0 saturated carbocycles. The standard InChI is InChI=1S/C5H8N2O2.ClH/c1-2-5(9)7-3-4(6)8;/h2H,1,3H2,(H2,6,8)(H,7,9);1H. The van der Waals surface area contributed by atoms with Crippen molar-refractivity contribution in [3.05, 3.63) is 12.7 Å². The van der Waals surface area contributed by atoms with E-state index in [2.05, 4.69) is 11.9 Å². The van der Waals surface area contributed by atoms with Crippen LogP contribution in [0.5, 0.6) is 0 Å². The molecule has 0 aromatic rings. The maximum atomic E-state index is 10.3. The molecule has 58 valence electrons. The van der Waals surface area contributed by atoms with E-state index in [0.717, 1.165) is 6.08 Å². The second-order valence-corrected chi connectivity index (χ2v) is 1.39. The van der Waals surface area contributed by atoms with Crippen LogP contribution in [0.3, 0.4) is 0 Å². The van der Waals surface area contributed by atoms with E-state index >= 15 is 0 Å². The Kier molecular flexibility index (Phi) is 7.15. The van der Waals surface area contributed by atoms with Crippen molar-refractivity contribution in [1.29, 1.82) is 0 Å². The van der Waals surface area contributed by atoms with Gasteiger partial charge in [0, 0.05) is 0 Å². The number of carbonyl (C=O) groups is 2. The zero-order valence-corrected chi connectivity index (χ0v) is 6.11. The molecule has 0 spiro atoms. The smallest absolute Gasteiger partial charge is 0.243 e. The van der Waals surface area contributed by atoms with E-state index in [1.807, 2.05) is 0 Å². The van der Waals surface area contributed by atoms with Gasteiger partial charge < -0.3 is 11.1 Å². The van der Waals surface area contributed by atoms with Gasteiger partial charge in [0.25, 0.3) is 0 Å². The van der Waals surface area contributed by atoms with Crippen LogP contribution in [0.4, 0.5) is 0 Å². The number of amides is 2. The molecule has 0 aliphatic carbocycles. The fraction of sp³-hybridized carbons (Fsp3) is 0.200. The summed E-state index contributed by atoms with van der Waals surface area (Å²) in [5.74, 6) is -0.959. The van der Waals surface area contributed by atoms with E-state index in [9.17, 15) is 9.59 Å². The van der Waals surface area contributed by atoms with Gasteiger partial charge in [-0.2, -0.15) is 0 Å². The van der Waals surface area contributed by atoms with Gasteiger partial charge in [-0.15, -0.1) is 12.4 Å². The maximum Gasteiger partial charge on any atom is 0.243 e. The van der Waals surface area contributed by atoms with Gasteiger partial charge in [-0.1, -0.05) is 6.58 Å². The predicted molar refractivity (Wildman–Crippen MR) is 39.6 cm³/mol. The first-order valence-electron chi connectivity index (χ1n) is 2.35. The van der Waals surface area contributed by atoms with Crippen LogP contribution in [0.1, 0.15) is 0 Å². The summed E-state index contributed by atoms with van der Waals surface area (Å²) in [6.07, 6.45) is 1.07. The second-order valence-electron chi connectivity index (χ2n) is 1.39. The highest BCUT2D eigenvalue weighted by Gasteiger charge is 1.94. The summed E-state index contributed by atoms with van der Waals surface area (Å²) in [7, 11) is 0.